The van der Waals surface area contributed by atoms with E-state index in [1.165, 1.54) is 20.6 Å². The first-order valence-electron chi connectivity index (χ1n) is 13.4. The number of rotatable bonds is 7. The van der Waals surface area contributed by atoms with E-state index < -0.39 is 6.04 Å². The van der Waals surface area contributed by atoms with Gasteiger partial charge in [0.2, 0.25) is 11.7 Å². The second-order valence-electron chi connectivity index (χ2n) is 10.1. The van der Waals surface area contributed by atoms with Crippen molar-refractivity contribution in [3.63, 3.8) is 0 Å². The Morgan fingerprint density at radius 1 is 0.974 bits per heavy atom. The van der Waals surface area contributed by atoms with E-state index in [9.17, 15) is 14.7 Å². The number of methoxy groups -OCH3 is 2. The van der Waals surface area contributed by atoms with Crippen LogP contribution in [0.5, 0.6) is 17.2 Å². The van der Waals surface area contributed by atoms with Gasteiger partial charge in [0, 0.05) is 18.2 Å². The summed E-state index contributed by atoms with van der Waals surface area (Å²) in [5.41, 5.74) is 3.52. The minimum absolute atomic E-state index is 0.109. The number of benzene rings is 3. The third-order valence-corrected chi connectivity index (χ3v) is 7.56. The molecule has 2 aliphatic rings. The standard InChI is InChI=1S/C32H34N2O5/c1-38-27-18-22(19-28(39-2)30(27)35)17-26-24-15-9-10-16-25(24)29(31(36)33-23-13-7-4-8-14-23)34(32(26)37)20-21-11-5-3-6-12-21/h3,5-6,9-12,15-19,23,29,35H,4,7-8,13-14,20H2,1-2H3,(H,33,36)/b26-17+. The van der Waals surface area contributed by atoms with Gasteiger partial charge in [0.25, 0.3) is 5.91 Å². The Morgan fingerprint density at radius 3 is 2.28 bits per heavy atom. The van der Waals surface area contributed by atoms with Gasteiger partial charge in [0.05, 0.1) is 14.2 Å². The lowest BCUT2D eigenvalue weighted by atomic mass is 9.86. The van der Waals surface area contributed by atoms with Crippen molar-refractivity contribution >= 4 is 23.5 Å². The van der Waals surface area contributed by atoms with Crippen molar-refractivity contribution < 1.29 is 24.2 Å². The summed E-state index contributed by atoms with van der Waals surface area (Å²) in [5.74, 6) is -0.0204. The Kier molecular flexibility index (Phi) is 7.87. The highest BCUT2D eigenvalue weighted by Gasteiger charge is 2.40. The topological polar surface area (TPSA) is 88.1 Å². The second kappa shape index (κ2) is 11.6. The van der Waals surface area contributed by atoms with Crippen LogP contribution in [0.25, 0.3) is 11.6 Å². The van der Waals surface area contributed by atoms with Crippen LogP contribution in [0.15, 0.2) is 66.7 Å². The summed E-state index contributed by atoms with van der Waals surface area (Å²) in [5, 5.41) is 13.6. The van der Waals surface area contributed by atoms with Crippen LogP contribution in [-0.4, -0.2) is 42.1 Å². The van der Waals surface area contributed by atoms with E-state index in [0.29, 0.717) is 16.7 Å². The fraction of sp³-hybridized carbons (Fsp3) is 0.312. The van der Waals surface area contributed by atoms with Crippen LogP contribution in [-0.2, 0) is 16.1 Å². The summed E-state index contributed by atoms with van der Waals surface area (Å²) in [6, 6.07) is 20.0. The minimum Gasteiger partial charge on any atom is -0.502 e. The molecule has 0 spiro atoms. The molecule has 0 saturated heterocycles. The van der Waals surface area contributed by atoms with Crippen molar-refractivity contribution in [1.29, 1.82) is 0 Å². The number of carbonyl (C=O) groups is 2. The molecule has 1 saturated carbocycles. The van der Waals surface area contributed by atoms with Crippen molar-refractivity contribution in [2.45, 2.75) is 50.7 Å². The summed E-state index contributed by atoms with van der Waals surface area (Å²) in [6.07, 6.45) is 7.08. The molecule has 0 bridgehead atoms. The largest absolute Gasteiger partial charge is 0.502 e. The number of nitrogens with one attached hydrogen (secondary N) is 1. The number of hydrogen-bond donors (Lipinski definition) is 2. The zero-order valence-electron chi connectivity index (χ0n) is 22.4. The Morgan fingerprint density at radius 2 is 1.62 bits per heavy atom. The molecule has 5 rings (SSSR count). The molecule has 1 aliphatic heterocycles. The fourth-order valence-electron chi connectivity index (χ4n) is 5.59. The highest BCUT2D eigenvalue weighted by Crippen LogP contribution is 2.41. The molecular weight excluding hydrogens is 492 g/mol. The average molecular weight is 527 g/mol. The highest BCUT2D eigenvalue weighted by atomic mass is 16.5. The number of amides is 2. The van der Waals surface area contributed by atoms with Crippen LogP contribution in [0.3, 0.4) is 0 Å². The van der Waals surface area contributed by atoms with E-state index in [4.69, 9.17) is 9.47 Å². The first-order valence-corrected chi connectivity index (χ1v) is 13.4. The maximum Gasteiger partial charge on any atom is 0.255 e. The van der Waals surface area contributed by atoms with E-state index in [1.54, 1.807) is 23.1 Å². The van der Waals surface area contributed by atoms with Crippen molar-refractivity contribution in [2.24, 2.45) is 0 Å². The van der Waals surface area contributed by atoms with Crippen LogP contribution < -0.4 is 14.8 Å². The van der Waals surface area contributed by atoms with Gasteiger partial charge >= 0.3 is 0 Å². The summed E-state index contributed by atoms with van der Waals surface area (Å²) in [4.78, 5) is 29.8. The van der Waals surface area contributed by atoms with Gasteiger partial charge in [-0.1, -0.05) is 73.9 Å². The average Bonchev–Trinajstić information content (AvgIpc) is 2.97. The first kappa shape index (κ1) is 26.4. The predicted molar refractivity (Wildman–Crippen MR) is 150 cm³/mol. The van der Waals surface area contributed by atoms with Gasteiger partial charge in [-0.15, -0.1) is 0 Å². The number of fused-ring (bicyclic) bond motifs is 1. The van der Waals surface area contributed by atoms with Gasteiger partial charge in [-0.05, 0) is 53.3 Å². The molecule has 1 heterocycles. The van der Waals surface area contributed by atoms with Gasteiger partial charge in [0.15, 0.2) is 11.5 Å². The molecule has 0 radical (unpaired) electrons. The predicted octanol–water partition coefficient (Wildman–Crippen LogP) is 5.48. The van der Waals surface area contributed by atoms with Crippen LogP contribution >= 0.6 is 0 Å². The molecule has 39 heavy (non-hydrogen) atoms. The van der Waals surface area contributed by atoms with Gasteiger partial charge in [-0.3, -0.25) is 9.59 Å². The van der Waals surface area contributed by atoms with Gasteiger partial charge in [-0.2, -0.15) is 0 Å². The molecule has 7 nitrogen and oxygen atoms in total. The SMILES string of the molecule is COc1cc(/C=C2/C(=O)N(Cc3ccccc3)C(C(=O)NC3CCCCC3)c3ccccc32)cc(OC)c1O. The Bertz CT molecular complexity index is 1350. The molecule has 7 heteroatoms. The zero-order chi connectivity index (χ0) is 27.4. The molecule has 202 valence electrons. The Hall–Kier alpha value is -4.26. The van der Waals surface area contributed by atoms with Crippen LogP contribution in [0.4, 0.5) is 0 Å². The lowest BCUT2D eigenvalue weighted by Crippen LogP contribution is -2.49. The Balaban J connectivity index is 1.61. The van der Waals surface area contributed by atoms with Crippen molar-refractivity contribution in [3.8, 4) is 17.2 Å². The third kappa shape index (κ3) is 5.48. The smallest absolute Gasteiger partial charge is 0.255 e. The van der Waals surface area contributed by atoms with Crippen LogP contribution in [0.1, 0.15) is 60.4 Å². The quantitative estimate of drug-likeness (QED) is 0.398. The molecule has 1 atom stereocenters. The van der Waals surface area contributed by atoms with E-state index in [1.807, 2.05) is 54.6 Å². The van der Waals surface area contributed by atoms with Crippen molar-refractivity contribution in [3.05, 3.63) is 89.0 Å². The lowest BCUT2D eigenvalue weighted by Gasteiger charge is -2.38. The van der Waals surface area contributed by atoms with Crippen molar-refractivity contribution in [2.75, 3.05) is 14.2 Å². The summed E-state index contributed by atoms with van der Waals surface area (Å²) < 4.78 is 10.7. The number of nitrogens with zero attached hydrogens (tertiary/aromatic N) is 1. The molecule has 0 aromatic heterocycles. The van der Waals surface area contributed by atoms with Gasteiger partial charge in [-0.25, -0.2) is 0 Å². The second-order valence-corrected chi connectivity index (χ2v) is 10.1. The van der Waals surface area contributed by atoms with E-state index in [0.717, 1.165) is 36.8 Å². The van der Waals surface area contributed by atoms with Crippen LogP contribution in [0.2, 0.25) is 0 Å². The molecule has 3 aromatic carbocycles. The number of phenolic OH excluding ortho intramolecular Hbond substituents is 1. The molecule has 2 N–H and O–H groups in total. The van der Waals surface area contributed by atoms with Crippen LogP contribution in [0, 0.1) is 0 Å². The first-order chi connectivity index (χ1) is 19.0. The number of carbonyl (C=O) groups excluding carboxylic acids is 2. The lowest BCUT2D eigenvalue weighted by molar-refractivity contribution is -0.138. The van der Waals surface area contributed by atoms with Gasteiger partial charge < -0.3 is 24.8 Å². The molecule has 2 amide bonds. The summed E-state index contributed by atoms with van der Waals surface area (Å²) in [7, 11) is 2.92. The number of phenols is 1. The zero-order valence-corrected chi connectivity index (χ0v) is 22.4. The molecule has 1 fully saturated rings. The van der Waals surface area contributed by atoms with E-state index in [-0.39, 0.29) is 41.6 Å². The summed E-state index contributed by atoms with van der Waals surface area (Å²) in [6.45, 7) is 0.288. The fourth-order valence-corrected chi connectivity index (χ4v) is 5.59. The van der Waals surface area contributed by atoms with E-state index >= 15 is 0 Å². The van der Waals surface area contributed by atoms with Gasteiger partial charge in [0.1, 0.15) is 6.04 Å². The normalized spacial score (nSPS) is 18.5. The highest BCUT2D eigenvalue weighted by molar-refractivity contribution is 6.26. The molecule has 1 unspecified atom stereocenters. The number of ether oxygens (including phenoxy) is 2. The third-order valence-electron chi connectivity index (χ3n) is 7.56. The summed E-state index contributed by atoms with van der Waals surface area (Å²) >= 11 is 0. The van der Waals surface area contributed by atoms with E-state index in [2.05, 4.69) is 5.32 Å². The Labute approximate surface area is 229 Å². The number of aromatic hydroxyl groups is 1. The molecule has 3 aromatic rings. The van der Waals surface area contributed by atoms with Crippen molar-refractivity contribution in [1.82, 2.24) is 10.2 Å². The molecule has 1 aliphatic carbocycles. The monoisotopic (exact) mass is 526 g/mol. The minimum atomic E-state index is -0.753. The maximum atomic E-state index is 14.2. The molecular formula is C32H34N2O5. The number of hydrogen-bond acceptors (Lipinski definition) is 5. The maximum absolute atomic E-state index is 14.2.